The fraction of sp³-hybridized carbons (Fsp3) is 0.615. The largest absolute Gasteiger partial charge is 0.462 e. The number of ether oxygens (including phenoxy) is 1. The lowest BCUT2D eigenvalue weighted by Gasteiger charge is -2.07. The maximum atomic E-state index is 11.8. The molecule has 1 heterocycles. The highest BCUT2D eigenvalue weighted by molar-refractivity contribution is 7.99. The minimum absolute atomic E-state index is 0.336. The standard InChI is InChI=1S/C13H22N2O2S2/c1-5-17-13(16)11-9(14)10(18-4)12(19-11)15-7-6-8(2)3/h8,15H,5-7,14H2,1-4H3. The molecule has 0 radical (unpaired) electrons. The summed E-state index contributed by atoms with van der Waals surface area (Å²) in [6.45, 7) is 7.40. The van der Waals surface area contributed by atoms with Crippen LogP contribution in [0.3, 0.4) is 0 Å². The molecule has 0 aliphatic carbocycles. The van der Waals surface area contributed by atoms with Gasteiger partial charge < -0.3 is 15.8 Å². The first-order valence-corrected chi connectivity index (χ1v) is 8.42. The van der Waals surface area contributed by atoms with Crippen molar-refractivity contribution >= 4 is 39.8 Å². The van der Waals surface area contributed by atoms with Gasteiger partial charge in [-0.3, -0.25) is 0 Å². The molecular formula is C13H22N2O2S2. The zero-order valence-electron chi connectivity index (χ0n) is 11.9. The third-order valence-corrected chi connectivity index (χ3v) is 4.68. The van der Waals surface area contributed by atoms with Gasteiger partial charge in [-0.25, -0.2) is 4.79 Å². The Bertz CT molecular complexity index is 431. The predicted molar refractivity (Wildman–Crippen MR) is 84.4 cm³/mol. The number of carbonyl (C=O) groups excluding carboxylic acids is 1. The Balaban J connectivity index is 2.86. The number of hydrogen-bond donors (Lipinski definition) is 2. The highest BCUT2D eigenvalue weighted by Crippen LogP contribution is 2.41. The number of nitrogens with one attached hydrogen (secondary N) is 1. The lowest BCUT2D eigenvalue weighted by Crippen LogP contribution is -2.05. The molecule has 1 aromatic rings. The van der Waals surface area contributed by atoms with Gasteiger partial charge in [-0.15, -0.1) is 23.1 Å². The lowest BCUT2D eigenvalue weighted by molar-refractivity contribution is 0.0533. The number of nitrogen functional groups attached to an aromatic ring is 1. The molecule has 0 saturated carbocycles. The van der Waals surface area contributed by atoms with Crippen LogP contribution < -0.4 is 11.1 Å². The maximum absolute atomic E-state index is 11.8. The van der Waals surface area contributed by atoms with E-state index in [0.29, 0.717) is 23.1 Å². The van der Waals surface area contributed by atoms with E-state index in [2.05, 4.69) is 19.2 Å². The van der Waals surface area contributed by atoms with Crippen molar-refractivity contribution in [3.63, 3.8) is 0 Å². The summed E-state index contributed by atoms with van der Waals surface area (Å²) in [6.07, 6.45) is 3.04. The van der Waals surface area contributed by atoms with Gasteiger partial charge in [-0.1, -0.05) is 13.8 Å². The number of esters is 1. The van der Waals surface area contributed by atoms with Crippen LogP contribution in [0, 0.1) is 5.92 Å². The first-order chi connectivity index (χ1) is 9.01. The van der Waals surface area contributed by atoms with Crippen LogP contribution in [0.25, 0.3) is 0 Å². The van der Waals surface area contributed by atoms with Crippen LogP contribution in [0.2, 0.25) is 0 Å². The van der Waals surface area contributed by atoms with Gasteiger partial charge in [0.15, 0.2) is 0 Å². The first kappa shape index (κ1) is 16.2. The van der Waals surface area contributed by atoms with E-state index in [1.54, 1.807) is 18.7 Å². The van der Waals surface area contributed by atoms with Gasteiger partial charge in [0.1, 0.15) is 9.88 Å². The Hall–Kier alpha value is -0.880. The highest BCUT2D eigenvalue weighted by atomic mass is 32.2. The molecule has 3 N–H and O–H groups in total. The molecule has 0 spiro atoms. The normalized spacial score (nSPS) is 10.8. The van der Waals surface area contributed by atoms with Crippen molar-refractivity contribution in [2.75, 3.05) is 30.5 Å². The second-order valence-electron chi connectivity index (χ2n) is 4.54. The second kappa shape index (κ2) is 7.65. The Labute approximate surface area is 123 Å². The van der Waals surface area contributed by atoms with Crippen LogP contribution in [-0.4, -0.2) is 25.4 Å². The van der Waals surface area contributed by atoms with E-state index in [1.165, 1.54) is 11.3 Å². The van der Waals surface area contributed by atoms with Crippen molar-refractivity contribution in [3.05, 3.63) is 4.88 Å². The molecule has 1 aromatic heterocycles. The van der Waals surface area contributed by atoms with Crippen molar-refractivity contribution in [1.29, 1.82) is 0 Å². The summed E-state index contributed by atoms with van der Waals surface area (Å²) in [5.74, 6) is 0.310. The molecule has 0 atom stereocenters. The number of carbonyl (C=O) groups is 1. The third-order valence-electron chi connectivity index (χ3n) is 2.57. The van der Waals surface area contributed by atoms with E-state index < -0.39 is 0 Å². The molecule has 6 heteroatoms. The number of hydrogen-bond acceptors (Lipinski definition) is 6. The third kappa shape index (κ3) is 4.31. The zero-order valence-corrected chi connectivity index (χ0v) is 13.5. The summed E-state index contributed by atoms with van der Waals surface area (Å²) in [4.78, 5) is 13.2. The molecule has 0 aromatic carbocycles. The van der Waals surface area contributed by atoms with Crippen LogP contribution in [-0.2, 0) is 4.74 Å². The summed E-state index contributed by atoms with van der Waals surface area (Å²) in [5.41, 5.74) is 6.56. The van der Waals surface area contributed by atoms with Crippen LogP contribution >= 0.6 is 23.1 Å². The van der Waals surface area contributed by atoms with Crippen LogP contribution in [0.1, 0.15) is 36.9 Å². The van der Waals surface area contributed by atoms with Gasteiger partial charge in [-0.05, 0) is 25.5 Å². The molecule has 0 fully saturated rings. The summed E-state index contributed by atoms with van der Waals surface area (Å²) in [5, 5.41) is 4.33. The molecule has 1 rings (SSSR count). The summed E-state index contributed by atoms with van der Waals surface area (Å²) in [6, 6.07) is 0. The minimum Gasteiger partial charge on any atom is -0.462 e. The topological polar surface area (TPSA) is 64.3 Å². The molecule has 0 unspecified atom stereocenters. The molecule has 0 aliphatic rings. The molecule has 0 aliphatic heterocycles. The van der Waals surface area contributed by atoms with Gasteiger partial charge in [0.25, 0.3) is 0 Å². The van der Waals surface area contributed by atoms with Crippen LogP contribution in [0.15, 0.2) is 4.90 Å². The second-order valence-corrected chi connectivity index (χ2v) is 6.37. The van der Waals surface area contributed by atoms with E-state index in [4.69, 9.17) is 10.5 Å². The van der Waals surface area contributed by atoms with Crippen molar-refractivity contribution in [2.24, 2.45) is 5.92 Å². The molecular weight excluding hydrogens is 280 g/mol. The van der Waals surface area contributed by atoms with Crippen molar-refractivity contribution < 1.29 is 9.53 Å². The maximum Gasteiger partial charge on any atom is 0.350 e. The summed E-state index contributed by atoms with van der Waals surface area (Å²) >= 11 is 2.93. The molecule has 0 saturated heterocycles. The van der Waals surface area contributed by atoms with Crippen molar-refractivity contribution in [1.82, 2.24) is 0 Å². The van der Waals surface area contributed by atoms with E-state index in [9.17, 15) is 4.79 Å². The first-order valence-electron chi connectivity index (χ1n) is 6.38. The summed E-state index contributed by atoms with van der Waals surface area (Å²) in [7, 11) is 0. The van der Waals surface area contributed by atoms with Crippen molar-refractivity contribution in [3.8, 4) is 0 Å². The number of thiophene rings is 1. The average molecular weight is 302 g/mol. The lowest BCUT2D eigenvalue weighted by atomic mass is 10.1. The fourth-order valence-corrected chi connectivity index (χ4v) is 3.52. The zero-order chi connectivity index (χ0) is 14.4. The predicted octanol–water partition coefficient (Wildman–Crippen LogP) is 3.69. The van der Waals surface area contributed by atoms with Gasteiger partial charge in [-0.2, -0.15) is 0 Å². The van der Waals surface area contributed by atoms with Gasteiger partial charge >= 0.3 is 5.97 Å². The Morgan fingerprint density at radius 2 is 2.21 bits per heavy atom. The van der Waals surface area contributed by atoms with E-state index in [0.717, 1.165) is 22.9 Å². The average Bonchev–Trinajstić information content (AvgIpc) is 2.65. The monoisotopic (exact) mass is 302 g/mol. The fourth-order valence-electron chi connectivity index (χ4n) is 1.57. The molecule has 4 nitrogen and oxygen atoms in total. The van der Waals surface area contributed by atoms with Gasteiger partial charge in [0, 0.05) is 6.54 Å². The number of thioether (sulfide) groups is 1. The number of rotatable bonds is 7. The number of anilines is 2. The SMILES string of the molecule is CCOC(=O)c1sc(NCCC(C)C)c(SC)c1N. The molecule has 0 amide bonds. The molecule has 0 bridgehead atoms. The Morgan fingerprint density at radius 1 is 1.53 bits per heavy atom. The number of nitrogens with two attached hydrogens (primary N) is 1. The minimum atomic E-state index is -0.336. The quantitative estimate of drug-likeness (QED) is 0.594. The van der Waals surface area contributed by atoms with E-state index >= 15 is 0 Å². The smallest absolute Gasteiger partial charge is 0.350 e. The summed E-state index contributed by atoms with van der Waals surface area (Å²) < 4.78 is 5.02. The van der Waals surface area contributed by atoms with Gasteiger partial charge in [0.2, 0.25) is 0 Å². The highest BCUT2D eigenvalue weighted by Gasteiger charge is 2.21. The van der Waals surface area contributed by atoms with E-state index in [1.807, 2.05) is 6.26 Å². The van der Waals surface area contributed by atoms with Gasteiger partial charge in [0.05, 0.1) is 17.2 Å². The van der Waals surface area contributed by atoms with Crippen LogP contribution in [0.4, 0.5) is 10.7 Å². The van der Waals surface area contributed by atoms with E-state index in [-0.39, 0.29) is 5.97 Å². The molecule has 108 valence electrons. The molecule has 19 heavy (non-hydrogen) atoms. The van der Waals surface area contributed by atoms with Crippen molar-refractivity contribution in [2.45, 2.75) is 32.1 Å². The Kier molecular flexibility index (Phi) is 6.51. The Morgan fingerprint density at radius 3 is 2.74 bits per heavy atom. The van der Waals surface area contributed by atoms with Crippen LogP contribution in [0.5, 0.6) is 0 Å².